The van der Waals surface area contributed by atoms with Crippen LogP contribution >= 0.6 is 0 Å². The molecule has 2 amide bonds. The molecule has 0 radical (unpaired) electrons. The van der Waals surface area contributed by atoms with E-state index in [9.17, 15) is 9.59 Å². The second kappa shape index (κ2) is 5.99. The molecule has 0 aromatic rings. The Bertz CT molecular complexity index is 375. The monoisotopic (exact) mass is 284 g/mol. The Balaban J connectivity index is 1.63. The lowest BCUT2D eigenvalue weighted by atomic mass is 10.1. The molecule has 2 N–H and O–H groups in total. The van der Waals surface area contributed by atoms with Crippen LogP contribution in [0, 0.1) is 11.3 Å². The predicted molar refractivity (Wildman–Crippen MR) is 73.5 cm³/mol. The Labute approximate surface area is 119 Å². The fraction of sp³-hybridized carbons (Fsp3) is 0.857. The van der Waals surface area contributed by atoms with E-state index < -0.39 is 5.97 Å². The van der Waals surface area contributed by atoms with E-state index in [1.165, 1.54) is 6.42 Å². The predicted octanol–water partition coefficient (Wildman–Crippen LogP) is 1.31. The number of carbonyl (C=O) groups excluding carboxylic acids is 1. The van der Waals surface area contributed by atoms with Crippen LogP contribution in [0.4, 0.5) is 4.79 Å². The van der Waals surface area contributed by atoms with Crippen LogP contribution in [0.15, 0.2) is 0 Å². The number of carboxylic acid groups (broad SMARTS) is 1. The fourth-order valence-corrected chi connectivity index (χ4v) is 2.66. The number of piperidine rings is 1. The summed E-state index contributed by atoms with van der Waals surface area (Å²) in [4.78, 5) is 24.2. The summed E-state index contributed by atoms with van der Waals surface area (Å²) in [6, 6.07) is -0.00983. The Morgan fingerprint density at radius 2 is 1.95 bits per heavy atom. The molecular weight excluding hydrogens is 260 g/mol. The maximum atomic E-state index is 12.0. The van der Waals surface area contributed by atoms with E-state index in [2.05, 4.69) is 19.2 Å². The van der Waals surface area contributed by atoms with Crippen molar-refractivity contribution in [3.05, 3.63) is 0 Å². The highest BCUT2D eigenvalue weighted by Gasteiger charge is 2.45. The molecule has 1 unspecified atom stereocenters. The van der Waals surface area contributed by atoms with Gasteiger partial charge in [-0.25, -0.2) is 9.59 Å². The zero-order valence-electron chi connectivity index (χ0n) is 12.2. The maximum Gasteiger partial charge on any atom is 0.329 e. The Hall–Kier alpha value is -1.30. The minimum atomic E-state index is -0.947. The van der Waals surface area contributed by atoms with E-state index >= 15 is 0 Å². The first-order chi connectivity index (χ1) is 9.38. The first-order valence-electron chi connectivity index (χ1n) is 7.24. The van der Waals surface area contributed by atoms with Gasteiger partial charge < -0.3 is 20.1 Å². The Kier molecular flexibility index (Phi) is 4.52. The van der Waals surface area contributed by atoms with Crippen molar-refractivity contribution in [1.82, 2.24) is 10.2 Å². The lowest BCUT2D eigenvalue weighted by Gasteiger charge is -2.31. The molecule has 6 heteroatoms. The van der Waals surface area contributed by atoms with Crippen LogP contribution in [-0.2, 0) is 9.53 Å². The molecule has 1 atom stereocenters. The van der Waals surface area contributed by atoms with Crippen molar-refractivity contribution in [2.75, 3.05) is 26.2 Å². The summed E-state index contributed by atoms with van der Waals surface area (Å²) >= 11 is 0. The highest BCUT2D eigenvalue weighted by molar-refractivity contribution is 5.74. The molecule has 6 nitrogen and oxygen atoms in total. The molecule has 20 heavy (non-hydrogen) atoms. The van der Waals surface area contributed by atoms with Gasteiger partial charge in [0.15, 0.2) is 0 Å². The van der Waals surface area contributed by atoms with E-state index in [1.54, 1.807) is 4.90 Å². The smallest absolute Gasteiger partial charge is 0.329 e. The van der Waals surface area contributed by atoms with Gasteiger partial charge >= 0.3 is 12.0 Å². The number of nitrogens with zero attached hydrogens (tertiary/aromatic N) is 1. The number of likely N-dealkylation sites (tertiary alicyclic amines) is 1. The maximum absolute atomic E-state index is 12.0. The molecule has 0 aromatic carbocycles. The number of hydrogen-bond donors (Lipinski definition) is 2. The lowest BCUT2D eigenvalue weighted by molar-refractivity contribution is -0.145. The minimum Gasteiger partial charge on any atom is -0.480 e. The average molecular weight is 284 g/mol. The van der Waals surface area contributed by atoms with Gasteiger partial charge in [-0.05, 0) is 30.6 Å². The number of hydrogen-bond acceptors (Lipinski definition) is 3. The zero-order chi connectivity index (χ0) is 14.8. The highest BCUT2D eigenvalue weighted by Crippen LogP contribution is 2.50. The largest absolute Gasteiger partial charge is 0.480 e. The molecular formula is C14H24N2O4. The van der Waals surface area contributed by atoms with Gasteiger partial charge in [-0.1, -0.05) is 13.8 Å². The number of carbonyl (C=O) groups is 2. The van der Waals surface area contributed by atoms with Crippen molar-refractivity contribution >= 4 is 12.0 Å². The molecule has 0 bridgehead atoms. The molecule has 114 valence electrons. The first kappa shape index (κ1) is 15.1. The van der Waals surface area contributed by atoms with Gasteiger partial charge in [-0.15, -0.1) is 0 Å². The quantitative estimate of drug-likeness (QED) is 0.798. The molecule has 0 spiro atoms. The normalized spacial score (nSPS) is 25.3. The van der Waals surface area contributed by atoms with Gasteiger partial charge in [0, 0.05) is 19.6 Å². The molecule has 1 heterocycles. The number of amides is 2. The third kappa shape index (κ3) is 4.10. The topological polar surface area (TPSA) is 78.9 Å². The van der Waals surface area contributed by atoms with E-state index in [-0.39, 0.29) is 18.7 Å². The number of nitrogens with one attached hydrogen (secondary N) is 1. The van der Waals surface area contributed by atoms with Gasteiger partial charge in [0.2, 0.25) is 0 Å². The van der Waals surface area contributed by atoms with Crippen molar-refractivity contribution in [2.24, 2.45) is 11.3 Å². The summed E-state index contributed by atoms with van der Waals surface area (Å²) in [5.74, 6) is -0.347. The van der Waals surface area contributed by atoms with Crippen LogP contribution < -0.4 is 5.32 Å². The molecule has 1 saturated carbocycles. The number of carboxylic acids is 1. The molecule has 2 fully saturated rings. The minimum absolute atomic E-state index is 0.00983. The molecule has 1 saturated heterocycles. The van der Waals surface area contributed by atoms with Gasteiger partial charge in [-0.2, -0.15) is 0 Å². The van der Waals surface area contributed by atoms with Crippen molar-refractivity contribution in [3.63, 3.8) is 0 Å². The van der Waals surface area contributed by atoms with Gasteiger partial charge in [0.05, 0.1) is 6.10 Å². The highest BCUT2D eigenvalue weighted by atomic mass is 16.5. The summed E-state index contributed by atoms with van der Waals surface area (Å²) in [5.41, 5.74) is 0.380. The third-order valence-corrected chi connectivity index (χ3v) is 4.39. The Morgan fingerprint density at radius 3 is 2.45 bits per heavy atom. The lowest BCUT2D eigenvalue weighted by Crippen LogP contribution is -2.46. The molecule has 0 aromatic heterocycles. The van der Waals surface area contributed by atoms with Crippen molar-refractivity contribution in [2.45, 2.75) is 39.2 Å². The third-order valence-electron chi connectivity index (χ3n) is 4.39. The SMILES string of the molecule is CC1(C)CC1CNC(=O)N1CCC(OCC(=O)O)CC1. The zero-order valence-corrected chi connectivity index (χ0v) is 12.2. The van der Waals surface area contributed by atoms with Crippen LogP contribution in [0.2, 0.25) is 0 Å². The number of rotatable bonds is 5. The van der Waals surface area contributed by atoms with E-state index in [1.807, 2.05) is 0 Å². The van der Waals surface area contributed by atoms with Crippen LogP contribution in [0.5, 0.6) is 0 Å². The molecule has 2 aliphatic rings. The van der Waals surface area contributed by atoms with E-state index in [0.717, 1.165) is 6.54 Å². The summed E-state index contributed by atoms with van der Waals surface area (Å²) in [6.45, 7) is 6.19. The van der Waals surface area contributed by atoms with Crippen LogP contribution in [-0.4, -0.2) is 54.4 Å². The van der Waals surface area contributed by atoms with Crippen LogP contribution in [0.25, 0.3) is 0 Å². The number of ether oxygens (including phenoxy) is 1. The van der Waals surface area contributed by atoms with Crippen LogP contribution in [0.1, 0.15) is 33.1 Å². The Morgan fingerprint density at radius 1 is 1.35 bits per heavy atom. The van der Waals surface area contributed by atoms with Crippen molar-refractivity contribution in [1.29, 1.82) is 0 Å². The second-order valence-electron chi connectivity index (χ2n) is 6.47. The summed E-state index contributed by atoms with van der Waals surface area (Å²) in [5, 5.41) is 11.5. The second-order valence-corrected chi connectivity index (χ2v) is 6.47. The van der Waals surface area contributed by atoms with Crippen molar-refractivity contribution < 1.29 is 19.4 Å². The molecule has 1 aliphatic carbocycles. The standard InChI is InChI=1S/C14H24N2O4/c1-14(2)7-10(14)8-15-13(19)16-5-3-11(4-6-16)20-9-12(17)18/h10-11H,3-9H2,1-2H3,(H,15,19)(H,17,18). The average Bonchev–Trinajstić information content (AvgIpc) is 3.02. The number of aliphatic carboxylic acids is 1. The first-order valence-corrected chi connectivity index (χ1v) is 7.24. The van der Waals surface area contributed by atoms with Gasteiger partial charge in [0.1, 0.15) is 6.61 Å². The number of urea groups is 1. The van der Waals surface area contributed by atoms with Gasteiger partial charge in [0.25, 0.3) is 0 Å². The van der Waals surface area contributed by atoms with Crippen LogP contribution in [0.3, 0.4) is 0 Å². The molecule has 1 aliphatic heterocycles. The van der Waals surface area contributed by atoms with Gasteiger partial charge in [-0.3, -0.25) is 0 Å². The van der Waals surface area contributed by atoms with E-state index in [0.29, 0.717) is 37.3 Å². The fourth-order valence-electron chi connectivity index (χ4n) is 2.66. The van der Waals surface area contributed by atoms with Crippen molar-refractivity contribution in [3.8, 4) is 0 Å². The summed E-state index contributed by atoms with van der Waals surface area (Å²) in [7, 11) is 0. The summed E-state index contributed by atoms with van der Waals surface area (Å²) < 4.78 is 5.25. The summed E-state index contributed by atoms with van der Waals surface area (Å²) in [6.07, 6.45) is 2.54. The van der Waals surface area contributed by atoms with E-state index in [4.69, 9.17) is 9.84 Å². The molecule has 2 rings (SSSR count).